The largest absolute Gasteiger partial charge is 0.478 e. The third-order valence-corrected chi connectivity index (χ3v) is 2.55. The van der Waals surface area contributed by atoms with Crippen LogP contribution in [0, 0.1) is 23.0 Å². The van der Waals surface area contributed by atoms with Crippen LogP contribution in [0.1, 0.15) is 15.9 Å². The number of carboxylic acid groups (broad SMARTS) is 1. The topological polar surface area (TPSA) is 61.1 Å². The third-order valence-electron chi connectivity index (χ3n) is 2.55. The van der Waals surface area contributed by atoms with Crippen molar-refractivity contribution in [3.63, 3.8) is 0 Å². The summed E-state index contributed by atoms with van der Waals surface area (Å²) in [6, 6.07) is 8.33. The number of carbonyl (C=O) groups is 1. The Hall–Kier alpha value is -2.74. The maximum atomic E-state index is 13.7. The Morgan fingerprint density at radius 3 is 2.53 bits per heavy atom. The second-order valence-corrected chi connectivity index (χ2v) is 3.84. The second kappa shape index (κ2) is 4.86. The van der Waals surface area contributed by atoms with Crippen LogP contribution in [-0.2, 0) is 0 Å². The van der Waals surface area contributed by atoms with E-state index < -0.39 is 17.6 Å². The van der Waals surface area contributed by atoms with Crippen LogP contribution in [0.5, 0.6) is 0 Å². The first-order chi connectivity index (χ1) is 9.01. The van der Waals surface area contributed by atoms with Gasteiger partial charge in [-0.05, 0) is 42.0 Å². The van der Waals surface area contributed by atoms with E-state index >= 15 is 0 Å². The van der Waals surface area contributed by atoms with Crippen LogP contribution in [0.15, 0.2) is 36.4 Å². The fourth-order valence-electron chi connectivity index (χ4n) is 1.69. The van der Waals surface area contributed by atoms with Gasteiger partial charge in [-0.3, -0.25) is 0 Å². The summed E-state index contributed by atoms with van der Waals surface area (Å²) in [5, 5.41) is 17.6. The molecule has 0 aromatic heterocycles. The Morgan fingerprint density at radius 2 is 1.89 bits per heavy atom. The molecule has 0 unspecified atom stereocenters. The first-order valence-corrected chi connectivity index (χ1v) is 5.25. The Bertz CT molecular complexity index is 705. The van der Waals surface area contributed by atoms with Crippen LogP contribution in [0.2, 0.25) is 0 Å². The highest BCUT2D eigenvalue weighted by atomic mass is 19.1. The lowest BCUT2D eigenvalue weighted by molar-refractivity contribution is 0.0697. The number of nitriles is 1. The van der Waals surface area contributed by atoms with Crippen molar-refractivity contribution in [2.45, 2.75) is 0 Å². The standard InChI is InChI=1S/C14H7F2NO2/c15-11-4-8(7-17)3-10(5-11)12-6-9(14(18)19)1-2-13(12)16/h1-6H,(H,18,19). The zero-order chi connectivity index (χ0) is 14.0. The number of halogens is 2. The number of benzene rings is 2. The van der Waals surface area contributed by atoms with E-state index in [0.29, 0.717) is 0 Å². The van der Waals surface area contributed by atoms with Crippen LogP contribution >= 0.6 is 0 Å². The van der Waals surface area contributed by atoms with Crippen molar-refractivity contribution in [2.75, 3.05) is 0 Å². The minimum atomic E-state index is -1.21. The molecule has 19 heavy (non-hydrogen) atoms. The van der Waals surface area contributed by atoms with Crippen LogP contribution in [0.4, 0.5) is 8.78 Å². The normalized spacial score (nSPS) is 9.95. The summed E-state index contributed by atoms with van der Waals surface area (Å²) in [6.07, 6.45) is 0. The van der Waals surface area contributed by atoms with E-state index in [1.54, 1.807) is 6.07 Å². The highest BCUT2D eigenvalue weighted by molar-refractivity contribution is 5.89. The van der Waals surface area contributed by atoms with Crippen LogP contribution in [0.3, 0.4) is 0 Å². The molecule has 0 saturated carbocycles. The van der Waals surface area contributed by atoms with Gasteiger partial charge in [0.2, 0.25) is 0 Å². The molecule has 0 spiro atoms. The molecule has 0 amide bonds. The molecule has 2 aromatic carbocycles. The molecule has 0 aliphatic rings. The highest BCUT2D eigenvalue weighted by Crippen LogP contribution is 2.26. The molecule has 2 rings (SSSR count). The molecule has 94 valence electrons. The Labute approximate surface area is 107 Å². The van der Waals surface area contributed by atoms with E-state index in [1.165, 1.54) is 6.07 Å². The van der Waals surface area contributed by atoms with E-state index in [1.807, 2.05) is 0 Å². The number of hydrogen-bond acceptors (Lipinski definition) is 2. The summed E-state index contributed by atoms with van der Waals surface area (Å²) in [6.45, 7) is 0. The number of nitrogens with zero attached hydrogens (tertiary/aromatic N) is 1. The maximum Gasteiger partial charge on any atom is 0.335 e. The fraction of sp³-hybridized carbons (Fsp3) is 0. The second-order valence-electron chi connectivity index (χ2n) is 3.84. The molecule has 0 bridgehead atoms. The summed E-state index contributed by atoms with van der Waals surface area (Å²) in [4.78, 5) is 10.8. The van der Waals surface area contributed by atoms with Gasteiger partial charge in [-0.25, -0.2) is 13.6 Å². The molecular weight excluding hydrogens is 252 g/mol. The average molecular weight is 259 g/mol. The molecule has 1 N–H and O–H groups in total. The van der Waals surface area contributed by atoms with Crippen LogP contribution in [0.25, 0.3) is 11.1 Å². The third kappa shape index (κ3) is 2.58. The van der Waals surface area contributed by atoms with Gasteiger partial charge < -0.3 is 5.11 Å². The first-order valence-electron chi connectivity index (χ1n) is 5.25. The van der Waals surface area contributed by atoms with E-state index in [-0.39, 0.29) is 22.3 Å². The monoisotopic (exact) mass is 259 g/mol. The van der Waals surface area contributed by atoms with Crippen molar-refractivity contribution in [2.24, 2.45) is 0 Å². The molecule has 0 aliphatic carbocycles. The zero-order valence-electron chi connectivity index (χ0n) is 9.52. The lowest BCUT2D eigenvalue weighted by atomic mass is 10.0. The predicted octanol–water partition coefficient (Wildman–Crippen LogP) is 3.20. The molecule has 5 heteroatoms. The van der Waals surface area contributed by atoms with Crippen molar-refractivity contribution in [1.82, 2.24) is 0 Å². The van der Waals surface area contributed by atoms with Crippen molar-refractivity contribution < 1.29 is 18.7 Å². The van der Waals surface area contributed by atoms with Gasteiger partial charge in [0.05, 0.1) is 17.2 Å². The smallest absolute Gasteiger partial charge is 0.335 e. The first kappa shape index (κ1) is 12.7. The molecule has 0 heterocycles. The highest BCUT2D eigenvalue weighted by Gasteiger charge is 2.12. The van der Waals surface area contributed by atoms with Crippen molar-refractivity contribution in [1.29, 1.82) is 5.26 Å². The lowest BCUT2D eigenvalue weighted by Crippen LogP contribution is -1.98. The minimum Gasteiger partial charge on any atom is -0.478 e. The van der Waals surface area contributed by atoms with E-state index in [9.17, 15) is 13.6 Å². The molecule has 0 saturated heterocycles. The van der Waals surface area contributed by atoms with Gasteiger partial charge in [0.25, 0.3) is 0 Å². The molecule has 3 nitrogen and oxygen atoms in total. The van der Waals surface area contributed by atoms with E-state index in [4.69, 9.17) is 10.4 Å². The van der Waals surface area contributed by atoms with Gasteiger partial charge >= 0.3 is 5.97 Å². The minimum absolute atomic E-state index is 0.0372. The van der Waals surface area contributed by atoms with Gasteiger partial charge in [-0.2, -0.15) is 5.26 Å². The molecule has 0 fully saturated rings. The Morgan fingerprint density at radius 1 is 1.16 bits per heavy atom. The van der Waals surface area contributed by atoms with E-state index in [2.05, 4.69) is 0 Å². The predicted molar refractivity (Wildman–Crippen MR) is 63.5 cm³/mol. The van der Waals surface area contributed by atoms with Gasteiger partial charge in [0.1, 0.15) is 11.6 Å². The Kier molecular flexibility index (Phi) is 3.25. The number of carboxylic acids is 1. The molecule has 2 aromatic rings. The summed E-state index contributed by atoms with van der Waals surface area (Å²) >= 11 is 0. The summed E-state index contributed by atoms with van der Waals surface area (Å²) < 4.78 is 27.0. The summed E-state index contributed by atoms with van der Waals surface area (Å²) in [5.74, 6) is -2.58. The van der Waals surface area contributed by atoms with Gasteiger partial charge in [-0.1, -0.05) is 0 Å². The summed E-state index contributed by atoms with van der Waals surface area (Å²) in [7, 11) is 0. The Balaban J connectivity index is 2.64. The SMILES string of the molecule is N#Cc1cc(F)cc(-c2cc(C(=O)O)ccc2F)c1. The lowest BCUT2D eigenvalue weighted by Gasteiger charge is -2.06. The van der Waals surface area contributed by atoms with Crippen molar-refractivity contribution in [3.8, 4) is 17.2 Å². The average Bonchev–Trinajstić information content (AvgIpc) is 2.38. The van der Waals surface area contributed by atoms with Gasteiger partial charge in [0.15, 0.2) is 0 Å². The number of aromatic carboxylic acids is 1. The van der Waals surface area contributed by atoms with E-state index in [0.717, 1.165) is 30.3 Å². The quantitative estimate of drug-likeness (QED) is 0.900. The zero-order valence-corrected chi connectivity index (χ0v) is 9.52. The van der Waals surface area contributed by atoms with Crippen molar-refractivity contribution >= 4 is 5.97 Å². The molecule has 0 aliphatic heterocycles. The maximum absolute atomic E-state index is 13.7. The number of hydrogen-bond donors (Lipinski definition) is 1. The number of rotatable bonds is 2. The van der Waals surface area contributed by atoms with Gasteiger partial charge in [0, 0.05) is 5.56 Å². The van der Waals surface area contributed by atoms with Crippen molar-refractivity contribution in [3.05, 3.63) is 59.2 Å². The molecule has 0 radical (unpaired) electrons. The molecule has 0 atom stereocenters. The summed E-state index contributed by atoms with van der Waals surface area (Å²) in [5.41, 5.74) is -0.0117. The fourth-order valence-corrected chi connectivity index (χ4v) is 1.69. The van der Waals surface area contributed by atoms with Crippen LogP contribution in [-0.4, -0.2) is 11.1 Å². The van der Waals surface area contributed by atoms with Gasteiger partial charge in [-0.15, -0.1) is 0 Å². The molecular formula is C14H7F2NO2. The van der Waals surface area contributed by atoms with Crippen LogP contribution < -0.4 is 0 Å².